The van der Waals surface area contributed by atoms with Crippen LogP contribution >= 0.6 is 0 Å². The quantitative estimate of drug-likeness (QED) is 0.777. The van der Waals surface area contributed by atoms with E-state index in [-0.39, 0.29) is 11.9 Å². The van der Waals surface area contributed by atoms with Crippen LogP contribution in [0.2, 0.25) is 0 Å². The molecular formula is C25H30F2N2O2. The Morgan fingerprint density at radius 2 is 1.77 bits per heavy atom. The van der Waals surface area contributed by atoms with Gasteiger partial charge in [0.1, 0.15) is 0 Å². The Balaban J connectivity index is 1.53. The average molecular weight is 429 g/mol. The lowest BCUT2D eigenvalue weighted by Gasteiger charge is -2.38. The lowest BCUT2D eigenvalue weighted by atomic mass is 9.74. The number of likely N-dealkylation sites (tertiary alicyclic amines) is 1. The summed E-state index contributed by atoms with van der Waals surface area (Å²) in [4.78, 5) is 15.7. The fourth-order valence-electron chi connectivity index (χ4n) is 4.66. The van der Waals surface area contributed by atoms with E-state index in [2.05, 4.69) is 17.3 Å². The third-order valence-electron chi connectivity index (χ3n) is 6.71. The van der Waals surface area contributed by atoms with Gasteiger partial charge < -0.3 is 15.0 Å². The van der Waals surface area contributed by atoms with Gasteiger partial charge >= 0.3 is 0 Å². The van der Waals surface area contributed by atoms with E-state index in [9.17, 15) is 13.6 Å². The maximum absolute atomic E-state index is 13.7. The first-order chi connectivity index (χ1) is 14.9. The molecule has 2 aromatic carbocycles. The number of ether oxygens (including phenoxy) is 1. The van der Waals surface area contributed by atoms with Gasteiger partial charge in [0.15, 0.2) is 11.6 Å². The summed E-state index contributed by atoms with van der Waals surface area (Å²) in [6.45, 7) is 3.14. The molecule has 0 unspecified atom stereocenters. The first kappa shape index (κ1) is 21.9. The number of amides is 1. The van der Waals surface area contributed by atoms with Crippen molar-refractivity contribution in [3.05, 3.63) is 59.7 Å². The molecule has 1 N–H and O–H groups in total. The van der Waals surface area contributed by atoms with Crippen LogP contribution in [0.25, 0.3) is 11.1 Å². The van der Waals surface area contributed by atoms with Crippen molar-refractivity contribution in [1.29, 1.82) is 0 Å². The molecule has 4 rings (SSSR count). The number of rotatable bonds is 5. The molecule has 2 aromatic rings. The molecule has 166 valence electrons. The molecule has 31 heavy (non-hydrogen) atoms. The fourth-order valence-corrected chi connectivity index (χ4v) is 4.66. The van der Waals surface area contributed by atoms with E-state index in [1.165, 1.54) is 6.07 Å². The molecule has 6 heteroatoms. The number of benzene rings is 2. The van der Waals surface area contributed by atoms with Gasteiger partial charge in [-0.3, -0.25) is 4.79 Å². The maximum atomic E-state index is 13.7. The van der Waals surface area contributed by atoms with E-state index in [0.717, 1.165) is 43.1 Å². The van der Waals surface area contributed by atoms with Crippen LogP contribution in [-0.4, -0.2) is 50.2 Å². The highest BCUT2D eigenvalue weighted by Crippen LogP contribution is 2.36. The van der Waals surface area contributed by atoms with Gasteiger partial charge in [-0.2, -0.15) is 0 Å². The number of nitrogens with zero attached hydrogens (tertiary/aromatic N) is 1. The number of carbonyl (C=O) groups is 1. The molecule has 0 atom stereocenters. The van der Waals surface area contributed by atoms with Crippen molar-refractivity contribution >= 4 is 5.91 Å². The standard InChI is InChI=1S/C25H30F2N2O2/c1-29-11-7-21(8-12-29)28-24(30)25(9-13-31-14-10-25)17-18-3-2-4-19(15-18)20-5-6-22(26)23(27)16-20/h2-6,15-16,21H,7-14,17H2,1H3,(H,28,30). The molecule has 2 heterocycles. The van der Waals surface area contributed by atoms with E-state index >= 15 is 0 Å². The second-order valence-electron chi connectivity index (χ2n) is 8.95. The van der Waals surface area contributed by atoms with Crippen molar-refractivity contribution in [2.24, 2.45) is 5.41 Å². The monoisotopic (exact) mass is 428 g/mol. The van der Waals surface area contributed by atoms with Crippen molar-refractivity contribution in [2.75, 3.05) is 33.4 Å². The van der Waals surface area contributed by atoms with Gasteiger partial charge in [0.2, 0.25) is 5.91 Å². The van der Waals surface area contributed by atoms with Crippen molar-refractivity contribution in [3.8, 4) is 11.1 Å². The van der Waals surface area contributed by atoms with Crippen LogP contribution < -0.4 is 5.32 Å². The predicted octanol–water partition coefficient (Wildman–Crippen LogP) is 4.18. The molecule has 2 aliphatic heterocycles. The summed E-state index contributed by atoms with van der Waals surface area (Å²) in [5.74, 6) is -1.60. The van der Waals surface area contributed by atoms with Gasteiger partial charge in [0.25, 0.3) is 0 Å². The number of piperidine rings is 1. The Hall–Kier alpha value is -2.31. The number of hydrogen-bond acceptors (Lipinski definition) is 3. The molecular weight excluding hydrogens is 398 g/mol. The Bertz CT molecular complexity index is 919. The van der Waals surface area contributed by atoms with Crippen LogP contribution in [0.4, 0.5) is 8.78 Å². The van der Waals surface area contributed by atoms with Gasteiger partial charge in [0, 0.05) is 19.3 Å². The second-order valence-corrected chi connectivity index (χ2v) is 8.95. The zero-order valence-electron chi connectivity index (χ0n) is 18.0. The summed E-state index contributed by atoms with van der Waals surface area (Å²) < 4.78 is 32.6. The molecule has 0 aromatic heterocycles. The van der Waals surface area contributed by atoms with Gasteiger partial charge in [-0.25, -0.2) is 8.78 Å². The lowest BCUT2D eigenvalue weighted by molar-refractivity contribution is -0.137. The minimum absolute atomic E-state index is 0.114. The third-order valence-corrected chi connectivity index (χ3v) is 6.71. The van der Waals surface area contributed by atoms with Gasteiger partial charge in [-0.1, -0.05) is 30.3 Å². The Morgan fingerprint density at radius 3 is 2.48 bits per heavy atom. The molecule has 2 aliphatic rings. The van der Waals surface area contributed by atoms with Crippen LogP contribution in [0.5, 0.6) is 0 Å². The maximum Gasteiger partial charge on any atom is 0.226 e. The summed E-state index contributed by atoms with van der Waals surface area (Å²) in [6.07, 6.45) is 3.91. The van der Waals surface area contributed by atoms with E-state index in [0.29, 0.717) is 38.0 Å². The SMILES string of the molecule is CN1CCC(NC(=O)C2(Cc3cccc(-c4ccc(F)c(F)c4)c3)CCOCC2)CC1. The normalized spacial score (nSPS) is 19.8. The highest BCUT2D eigenvalue weighted by molar-refractivity contribution is 5.83. The Kier molecular flexibility index (Phi) is 6.68. The Labute approximate surface area is 182 Å². The lowest BCUT2D eigenvalue weighted by Crippen LogP contribution is -2.51. The van der Waals surface area contributed by atoms with Crippen LogP contribution in [0.15, 0.2) is 42.5 Å². The molecule has 2 fully saturated rings. The number of nitrogens with one attached hydrogen (secondary N) is 1. The average Bonchev–Trinajstić information content (AvgIpc) is 2.78. The fraction of sp³-hybridized carbons (Fsp3) is 0.480. The highest BCUT2D eigenvalue weighted by Gasteiger charge is 2.41. The van der Waals surface area contributed by atoms with Gasteiger partial charge in [0.05, 0.1) is 5.41 Å². The molecule has 0 saturated carbocycles. The zero-order chi connectivity index (χ0) is 21.8. The molecule has 0 radical (unpaired) electrons. The van der Waals surface area contributed by atoms with Crippen LogP contribution in [0.3, 0.4) is 0 Å². The minimum Gasteiger partial charge on any atom is -0.381 e. The molecule has 0 spiro atoms. The molecule has 4 nitrogen and oxygen atoms in total. The van der Waals surface area contributed by atoms with E-state index < -0.39 is 17.0 Å². The molecule has 2 saturated heterocycles. The van der Waals surface area contributed by atoms with Gasteiger partial charge in [-0.05, 0) is 81.1 Å². The van der Waals surface area contributed by atoms with Gasteiger partial charge in [-0.15, -0.1) is 0 Å². The minimum atomic E-state index is -0.860. The largest absolute Gasteiger partial charge is 0.381 e. The van der Waals surface area contributed by atoms with Crippen LogP contribution in [0, 0.1) is 17.0 Å². The van der Waals surface area contributed by atoms with Crippen molar-refractivity contribution < 1.29 is 18.3 Å². The number of carbonyl (C=O) groups excluding carboxylic acids is 1. The van der Waals surface area contributed by atoms with Crippen LogP contribution in [-0.2, 0) is 16.0 Å². The van der Waals surface area contributed by atoms with Crippen molar-refractivity contribution in [2.45, 2.75) is 38.1 Å². The van der Waals surface area contributed by atoms with Crippen molar-refractivity contribution in [3.63, 3.8) is 0 Å². The molecule has 0 aliphatic carbocycles. The topological polar surface area (TPSA) is 41.6 Å². The van der Waals surface area contributed by atoms with E-state index in [4.69, 9.17) is 4.74 Å². The van der Waals surface area contributed by atoms with Crippen molar-refractivity contribution in [1.82, 2.24) is 10.2 Å². The summed E-state index contributed by atoms with van der Waals surface area (Å²) in [5.41, 5.74) is 1.95. The highest BCUT2D eigenvalue weighted by atomic mass is 19.2. The summed E-state index contributed by atoms with van der Waals surface area (Å²) >= 11 is 0. The third kappa shape index (κ3) is 5.13. The molecule has 0 bridgehead atoms. The van der Waals surface area contributed by atoms with Crippen LogP contribution in [0.1, 0.15) is 31.2 Å². The number of hydrogen-bond donors (Lipinski definition) is 1. The smallest absolute Gasteiger partial charge is 0.226 e. The zero-order valence-corrected chi connectivity index (χ0v) is 18.0. The number of halogens is 2. The summed E-state index contributed by atoms with van der Waals surface area (Å²) in [5, 5.41) is 3.32. The molecule has 1 amide bonds. The predicted molar refractivity (Wildman–Crippen MR) is 117 cm³/mol. The van der Waals surface area contributed by atoms with E-state index in [1.807, 2.05) is 24.3 Å². The first-order valence-corrected chi connectivity index (χ1v) is 11.1. The summed E-state index contributed by atoms with van der Waals surface area (Å²) in [6, 6.07) is 11.9. The Morgan fingerprint density at radius 1 is 1.06 bits per heavy atom. The second kappa shape index (κ2) is 9.45. The van der Waals surface area contributed by atoms with E-state index in [1.54, 1.807) is 6.07 Å². The first-order valence-electron chi connectivity index (χ1n) is 11.1. The summed E-state index contributed by atoms with van der Waals surface area (Å²) in [7, 11) is 2.11.